The molecule has 0 bridgehead atoms. The smallest absolute Gasteiger partial charge is 0.257 e. The van der Waals surface area contributed by atoms with Gasteiger partial charge in [-0.1, -0.05) is 6.92 Å². The number of nitrogens with one attached hydrogen (secondary N) is 3. The highest BCUT2D eigenvalue weighted by molar-refractivity contribution is 6.01. The van der Waals surface area contributed by atoms with Crippen molar-refractivity contribution in [2.75, 3.05) is 24.2 Å². The van der Waals surface area contributed by atoms with E-state index in [1.165, 1.54) is 22.8 Å². The van der Waals surface area contributed by atoms with Crippen LogP contribution >= 0.6 is 0 Å². The second-order valence-corrected chi connectivity index (χ2v) is 7.94. The second kappa shape index (κ2) is 8.23. The van der Waals surface area contributed by atoms with Crippen molar-refractivity contribution in [1.29, 1.82) is 0 Å². The molecule has 10 nitrogen and oxygen atoms in total. The van der Waals surface area contributed by atoms with Gasteiger partial charge >= 0.3 is 0 Å². The Kier molecular flexibility index (Phi) is 5.23. The summed E-state index contributed by atoms with van der Waals surface area (Å²) in [5.41, 5.74) is 0.845. The van der Waals surface area contributed by atoms with E-state index in [0.29, 0.717) is 35.2 Å². The minimum absolute atomic E-state index is 0.0510. The van der Waals surface area contributed by atoms with E-state index in [1.54, 1.807) is 20.0 Å². The van der Waals surface area contributed by atoms with Crippen molar-refractivity contribution < 1.29 is 23.5 Å². The molecule has 3 heterocycles. The number of anilines is 3. The number of carbonyl (C=O) groups excluding carboxylic acids is 2. The van der Waals surface area contributed by atoms with Gasteiger partial charge < -0.3 is 25.4 Å². The van der Waals surface area contributed by atoms with Crippen molar-refractivity contribution in [3.8, 4) is 11.5 Å². The van der Waals surface area contributed by atoms with Crippen LogP contribution in [-0.4, -0.2) is 52.1 Å². The predicted octanol–water partition coefficient (Wildman–Crippen LogP) is 2.66. The molecule has 1 aliphatic carbocycles. The average Bonchev–Trinajstić information content (AvgIpc) is 3.22. The van der Waals surface area contributed by atoms with E-state index in [1.807, 2.05) is 0 Å². The van der Waals surface area contributed by atoms with Crippen LogP contribution in [-0.2, 0) is 4.79 Å². The highest BCUT2D eigenvalue weighted by atomic mass is 19.1. The third-order valence-electron chi connectivity index (χ3n) is 5.79. The number of hydrogen-bond acceptors (Lipinski definition) is 8. The Hall–Kier alpha value is -3.89. The third kappa shape index (κ3) is 3.79. The molecule has 0 spiro atoms. The maximum absolute atomic E-state index is 14.3. The Labute approximate surface area is 188 Å². The lowest BCUT2D eigenvalue weighted by Crippen LogP contribution is -2.48. The van der Waals surface area contributed by atoms with Crippen molar-refractivity contribution in [3.63, 3.8) is 0 Å². The molecule has 11 heteroatoms. The maximum Gasteiger partial charge on any atom is 0.257 e. The fraction of sp³-hybridized carbons (Fsp3) is 0.364. The van der Waals surface area contributed by atoms with Crippen LogP contribution in [0.3, 0.4) is 0 Å². The maximum atomic E-state index is 14.3. The lowest BCUT2D eigenvalue weighted by Gasteiger charge is -2.41. The summed E-state index contributed by atoms with van der Waals surface area (Å²) in [6.45, 7) is 1.66. The highest BCUT2D eigenvalue weighted by Gasteiger charge is 2.40. The minimum atomic E-state index is -0.474. The zero-order valence-electron chi connectivity index (χ0n) is 18.1. The number of hydrogen-bond donors (Lipinski definition) is 3. The number of carbonyl (C=O) groups is 2. The number of ether oxygens (including phenoxy) is 2. The van der Waals surface area contributed by atoms with Crippen LogP contribution in [0.4, 0.5) is 21.7 Å². The van der Waals surface area contributed by atoms with Crippen LogP contribution < -0.4 is 25.4 Å². The summed E-state index contributed by atoms with van der Waals surface area (Å²) in [5, 5.41) is 12.9. The quantitative estimate of drug-likeness (QED) is 0.499. The Morgan fingerprint density at radius 1 is 1.21 bits per heavy atom. The normalized spacial score (nSPS) is 18.3. The van der Waals surface area contributed by atoms with Crippen molar-refractivity contribution in [1.82, 2.24) is 19.9 Å². The van der Waals surface area contributed by atoms with Crippen LogP contribution in [0.2, 0.25) is 0 Å². The minimum Gasteiger partial charge on any atom is -0.482 e. The van der Waals surface area contributed by atoms with E-state index in [9.17, 15) is 14.0 Å². The molecule has 5 rings (SSSR count). The fourth-order valence-electron chi connectivity index (χ4n) is 3.80. The molecule has 172 valence electrons. The van der Waals surface area contributed by atoms with E-state index in [0.717, 1.165) is 12.8 Å². The SMILES string of the molecule is CCC(=O)CNC(=O)c1cnn2c(NC)cc(Nc3cc(F)cc4c3OC3CCC3O4)nc12. The van der Waals surface area contributed by atoms with Crippen molar-refractivity contribution in [3.05, 3.63) is 35.8 Å². The summed E-state index contributed by atoms with van der Waals surface area (Å²) in [6.07, 6.45) is 3.37. The van der Waals surface area contributed by atoms with Gasteiger partial charge in [-0.3, -0.25) is 9.59 Å². The van der Waals surface area contributed by atoms with Crippen LogP contribution in [0, 0.1) is 5.82 Å². The number of Topliss-reactive ketones (excluding diaryl/α,β-unsaturated/α-hetero) is 1. The molecule has 1 aliphatic heterocycles. The number of halogens is 1. The zero-order chi connectivity index (χ0) is 23.1. The number of fused-ring (bicyclic) bond motifs is 3. The van der Waals surface area contributed by atoms with Gasteiger partial charge in [0.05, 0.1) is 18.4 Å². The van der Waals surface area contributed by atoms with Crippen molar-refractivity contribution in [2.24, 2.45) is 0 Å². The van der Waals surface area contributed by atoms with Crippen LogP contribution in [0.15, 0.2) is 24.4 Å². The van der Waals surface area contributed by atoms with Crippen molar-refractivity contribution >= 4 is 34.7 Å². The number of aromatic nitrogens is 3. The van der Waals surface area contributed by atoms with Gasteiger partial charge in [-0.05, 0) is 12.8 Å². The van der Waals surface area contributed by atoms with E-state index in [4.69, 9.17) is 9.47 Å². The zero-order valence-corrected chi connectivity index (χ0v) is 18.1. The highest BCUT2D eigenvalue weighted by Crippen LogP contribution is 2.46. The van der Waals surface area contributed by atoms with E-state index in [-0.39, 0.29) is 35.7 Å². The Morgan fingerprint density at radius 2 is 2.00 bits per heavy atom. The van der Waals surface area contributed by atoms with Gasteiger partial charge in [-0.2, -0.15) is 9.61 Å². The molecule has 1 fully saturated rings. The van der Waals surface area contributed by atoms with Crippen molar-refractivity contribution in [2.45, 2.75) is 38.4 Å². The number of benzene rings is 1. The van der Waals surface area contributed by atoms with Gasteiger partial charge in [-0.15, -0.1) is 0 Å². The summed E-state index contributed by atoms with van der Waals surface area (Å²) in [4.78, 5) is 28.7. The van der Waals surface area contributed by atoms with Gasteiger partial charge in [-0.25, -0.2) is 9.37 Å². The fourth-order valence-corrected chi connectivity index (χ4v) is 3.80. The molecule has 2 aromatic heterocycles. The van der Waals surface area contributed by atoms with Gasteiger partial charge in [0.1, 0.15) is 35.2 Å². The molecule has 33 heavy (non-hydrogen) atoms. The molecule has 3 N–H and O–H groups in total. The lowest BCUT2D eigenvalue weighted by molar-refractivity contribution is -0.117. The van der Waals surface area contributed by atoms with Gasteiger partial charge in [0.25, 0.3) is 5.91 Å². The first kappa shape index (κ1) is 21.0. The molecule has 1 aromatic carbocycles. The van der Waals surface area contributed by atoms with Gasteiger partial charge in [0.15, 0.2) is 22.9 Å². The van der Waals surface area contributed by atoms with Gasteiger partial charge in [0, 0.05) is 31.7 Å². The Morgan fingerprint density at radius 3 is 2.73 bits per heavy atom. The summed E-state index contributed by atoms with van der Waals surface area (Å²) >= 11 is 0. The summed E-state index contributed by atoms with van der Waals surface area (Å²) in [7, 11) is 1.71. The van der Waals surface area contributed by atoms with E-state index >= 15 is 0 Å². The van der Waals surface area contributed by atoms with E-state index in [2.05, 4.69) is 26.0 Å². The molecule has 2 aliphatic rings. The second-order valence-electron chi connectivity index (χ2n) is 7.94. The molecule has 1 saturated carbocycles. The topological polar surface area (TPSA) is 119 Å². The molecular weight excluding hydrogens is 431 g/mol. The average molecular weight is 454 g/mol. The Bertz CT molecular complexity index is 1260. The van der Waals surface area contributed by atoms with Crippen LogP contribution in [0.1, 0.15) is 36.5 Å². The molecule has 2 unspecified atom stereocenters. The molecule has 0 saturated heterocycles. The van der Waals surface area contributed by atoms with Gasteiger partial charge in [0.2, 0.25) is 0 Å². The molecule has 0 radical (unpaired) electrons. The molecule has 1 amide bonds. The molecular formula is C22H23FN6O4. The Balaban J connectivity index is 1.49. The number of amides is 1. The monoisotopic (exact) mass is 454 g/mol. The number of ketones is 1. The predicted molar refractivity (Wildman–Crippen MR) is 118 cm³/mol. The lowest BCUT2D eigenvalue weighted by atomic mass is 9.90. The summed E-state index contributed by atoms with van der Waals surface area (Å²) in [5.74, 6) is 0.642. The van der Waals surface area contributed by atoms with Crippen LogP contribution in [0.25, 0.3) is 5.65 Å². The summed E-state index contributed by atoms with van der Waals surface area (Å²) in [6, 6.07) is 4.30. The standard InChI is InChI=1S/C22H23FN6O4/c1-3-12(30)9-25-22(31)13-10-26-29-19(24-2)8-18(28-21(13)29)27-14-6-11(23)7-17-20(14)33-16-5-4-15(16)32-17/h6-8,10,15-16,24H,3-5,9H2,1-2H3,(H,25,31)(H,27,28). The third-order valence-corrected chi connectivity index (χ3v) is 5.79. The first-order chi connectivity index (χ1) is 16.0. The largest absolute Gasteiger partial charge is 0.482 e. The molecule has 3 aromatic rings. The van der Waals surface area contributed by atoms with E-state index < -0.39 is 11.7 Å². The number of nitrogens with zero attached hydrogens (tertiary/aromatic N) is 3. The molecule has 2 atom stereocenters. The number of rotatable bonds is 7. The first-order valence-corrected chi connectivity index (χ1v) is 10.8. The first-order valence-electron chi connectivity index (χ1n) is 10.8. The summed E-state index contributed by atoms with van der Waals surface area (Å²) < 4.78 is 27.7. The van der Waals surface area contributed by atoms with Crippen LogP contribution in [0.5, 0.6) is 11.5 Å².